The summed E-state index contributed by atoms with van der Waals surface area (Å²) in [5.41, 5.74) is 10.6. The number of aliphatic hydroxyl groups excluding tert-OH is 8. The van der Waals surface area contributed by atoms with Crippen LogP contribution in [0.25, 0.3) is 0 Å². The van der Waals surface area contributed by atoms with Crippen molar-refractivity contribution in [2.24, 2.45) is 11.5 Å². The van der Waals surface area contributed by atoms with Gasteiger partial charge in [0.2, 0.25) is 41.4 Å². The van der Waals surface area contributed by atoms with Gasteiger partial charge in [-0.1, -0.05) is 6.07 Å². The summed E-state index contributed by atoms with van der Waals surface area (Å²) in [4.78, 5) is 96.1. The standard InChI is InChI=1S/C34H50N8O20S/c1-11(43)22-33(57)42-10-13(44)7-15(42)29(53)39-24(27(51)26(50)12-2-3-16(45)20(6-12)62-63(59,60)61)31(55)38-23(18(47)9-21(36)49)34(58)41-5-4-17(46)25(41)32(56)40-30(54)19(48)8-14(35)28(52)37-22/h2-3,6,11,13-15,17-19,22-27,30,43-48,50-51,54H,4-5,7-10,35H2,1H3,(H2,36,49)(H,37,52)(H,38,55)(H,39,53)(H,40,56)(H,59,60,61). The largest absolute Gasteiger partial charge is 0.504 e. The second kappa shape index (κ2) is 20.4. The number of nitrogens with zero attached hydrogens (tertiary/aromatic N) is 2. The Labute approximate surface area is 356 Å². The number of aliphatic hydroxyl groups is 8. The summed E-state index contributed by atoms with van der Waals surface area (Å²) in [6, 6.07) is -10.2. The molecule has 18 N–H and O–H groups in total. The highest BCUT2D eigenvalue weighted by Gasteiger charge is 2.49. The van der Waals surface area contributed by atoms with Gasteiger partial charge in [-0.05, 0) is 31.0 Å². The van der Waals surface area contributed by atoms with Crippen LogP contribution < -0.4 is 36.9 Å². The second-order valence-corrected chi connectivity index (χ2v) is 16.2. The Bertz CT molecular complexity index is 2030. The lowest BCUT2D eigenvalue weighted by Crippen LogP contribution is -2.64. The van der Waals surface area contributed by atoms with Crippen LogP contribution >= 0.6 is 0 Å². The number of hydrogen-bond donors (Lipinski definition) is 16. The Kier molecular flexibility index (Phi) is 16.3. The van der Waals surface area contributed by atoms with Crippen LogP contribution in [0.3, 0.4) is 0 Å². The first-order chi connectivity index (χ1) is 29.2. The number of primary amides is 1. The molecule has 0 aliphatic carbocycles. The second-order valence-electron chi connectivity index (χ2n) is 15.2. The first kappa shape index (κ1) is 50.3. The number of phenols is 1. The van der Waals surface area contributed by atoms with Gasteiger partial charge in [0.05, 0.1) is 36.9 Å². The quantitative estimate of drug-likeness (QED) is 0.102. The number of nitrogens with one attached hydrogen (secondary N) is 4. The number of carbonyl (C=O) groups excluding carboxylic acids is 7. The molecule has 29 heteroatoms. The molecule has 3 aliphatic rings. The molecule has 3 saturated heterocycles. The molecule has 1 aromatic carbocycles. The maximum atomic E-state index is 14.3. The van der Waals surface area contributed by atoms with Crippen LogP contribution in [-0.2, 0) is 44.0 Å². The summed E-state index contributed by atoms with van der Waals surface area (Å²) >= 11 is 0. The van der Waals surface area contributed by atoms with Gasteiger partial charge in [-0.25, -0.2) is 0 Å². The van der Waals surface area contributed by atoms with E-state index >= 15 is 0 Å². The molecular weight excluding hydrogens is 872 g/mol. The van der Waals surface area contributed by atoms with Crippen LogP contribution in [0.15, 0.2) is 18.2 Å². The minimum Gasteiger partial charge on any atom is -0.504 e. The van der Waals surface area contributed by atoms with Crippen molar-refractivity contribution in [1.82, 2.24) is 31.1 Å². The molecule has 63 heavy (non-hydrogen) atoms. The molecule has 0 bridgehead atoms. The van der Waals surface area contributed by atoms with E-state index in [1.165, 1.54) is 0 Å². The van der Waals surface area contributed by atoms with E-state index in [4.69, 9.17) is 16.0 Å². The molecule has 352 valence electrons. The summed E-state index contributed by atoms with van der Waals surface area (Å²) in [7, 11) is -5.30. The summed E-state index contributed by atoms with van der Waals surface area (Å²) < 4.78 is 36.1. The fourth-order valence-corrected chi connectivity index (χ4v) is 7.55. The third kappa shape index (κ3) is 12.2. The first-order valence-corrected chi connectivity index (χ1v) is 20.4. The number of aromatic hydroxyl groups is 1. The number of benzene rings is 1. The van der Waals surface area contributed by atoms with Crippen LogP contribution in [0.5, 0.6) is 11.5 Å². The van der Waals surface area contributed by atoms with Gasteiger partial charge in [-0.2, -0.15) is 8.42 Å². The average Bonchev–Trinajstić information content (AvgIpc) is 3.78. The van der Waals surface area contributed by atoms with Crippen molar-refractivity contribution < 1.29 is 96.7 Å². The summed E-state index contributed by atoms with van der Waals surface area (Å²) in [6.07, 6.45) is -19.4. The van der Waals surface area contributed by atoms with Crippen molar-refractivity contribution in [1.29, 1.82) is 0 Å². The van der Waals surface area contributed by atoms with Crippen LogP contribution in [0.4, 0.5) is 0 Å². The Balaban J connectivity index is 1.86. The SMILES string of the molecule is CC(O)C1NC(=O)C(N)CC(O)C(O)NC(=O)C2C(O)CCN2C(=O)C(C(O)CC(N)=O)NC(=O)C(C(O)C(O)c2ccc(O)c(OS(=O)(=O)O)c2)NC(=O)C2CC(O)CN2C1=O. The van der Waals surface area contributed by atoms with Crippen molar-refractivity contribution in [3.63, 3.8) is 0 Å². The van der Waals surface area contributed by atoms with Gasteiger partial charge in [0.25, 0.3) is 0 Å². The number of amides is 7. The minimum atomic E-state index is -5.30. The van der Waals surface area contributed by atoms with E-state index in [0.717, 1.165) is 19.1 Å². The van der Waals surface area contributed by atoms with Crippen LogP contribution in [0.2, 0.25) is 0 Å². The third-order valence-electron chi connectivity index (χ3n) is 10.4. The predicted octanol–water partition coefficient (Wildman–Crippen LogP) is -9.51. The molecule has 7 amide bonds. The van der Waals surface area contributed by atoms with E-state index in [9.17, 15) is 87.9 Å². The molecule has 14 atom stereocenters. The summed E-state index contributed by atoms with van der Waals surface area (Å²) in [6.45, 7) is -0.0892. The molecule has 3 aliphatic heterocycles. The Hall–Kier alpha value is -5.34. The molecule has 3 fully saturated rings. The van der Waals surface area contributed by atoms with Crippen molar-refractivity contribution in [3.8, 4) is 11.5 Å². The lowest BCUT2D eigenvalue weighted by atomic mass is 9.96. The smallest absolute Gasteiger partial charge is 0.446 e. The molecule has 0 spiro atoms. The molecule has 0 saturated carbocycles. The molecule has 1 aromatic rings. The fraction of sp³-hybridized carbons (Fsp3) is 0.618. The number of nitrogens with two attached hydrogens (primary N) is 2. The van der Waals surface area contributed by atoms with Gasteiger partial charge >= 0.3 is 10.4 Å². The van der Waals surface area contributed by atoms with Gasteiger partial charge in [0.1, 0.15) is 48.5 Å². The fourth-order valence-electron chi connectivity index (χ4n) is 7.19. The number of rotatable bonds is 9. The maximum Gasteiger partial charge on any atom is 0.446 e. The molecule has 0 aromatic heterocycles. The minimum absolute atomic E-state index is 0.341. The number of hydrogen-bond acceptors (Lipinski definition) is 20. The average molecular weight is 923 g/mol. The Morgan fingerprint density at radius 2 is 1.44 bits per heavy atom. The number of fused-ring (bicyclic) bond motifs is 2. The van der Waals surface area contributed by atoms with E-state index in [1.807, 2.05) is 10.6 Å². The third-order valence-corrected chi connectivity index (χ3v) is 10.8. The van der Waals surface area contributed by atoms with Gasteiger partial charge in [-0.15, -0.1) is 0 Å². The van der Waals surface area contributed by atoms with Crippen LogP contribution in [0, 0.1) is 0 Å². The van der Waals surface area contributed by atoms with E-state index < -0.39 is 186 Å². The van der Waals surface area contributed by atoms with Gasteiger partial charge in [0, 0.05) is 25.9 Å². The zero-order chi connectivity index (χ0) is 47.4. The van der Waals surface area contributed by atoms with Crippen LogP contribution in [-0.4, -0.2) is 202 Å². The van der Waals surface area contributed by atoms with E-state index in [2.05, 4.69) is 14.8 Å². The van der Waals surface area contributed by atoms with E-state index in [1.54, 1.807) is 0 Å². The first-order valence-electron chi connectivity index (χ1n) is 19.0. The zero-order valence-corrected chi connectivity index (χ0v) is 33.9. The highest BCUT2D eigenvalue weighted by Crippen LogP contribution is 2.32. The summed E-state index contributed by atoms with van der Waals surface area (Å²) in [5.74, 6) is -11.4. The number of phenolic OH excluding ortho intramolecular Hbond substituents is 1. The van der Waals surface area contributed by atoms with E-state index in [-0.39, 0.29) is 6.42 Å². The molecule has 3 heterocycles. The van der Waals surface area contributed by atoms with E-state index in [0.29, 0.717) is 15.9 Å². The summed E-state index contributed by atoms with van der Waals surface area (Å²) in [5, 5.41) is 105. The van der Waals surface area contributed by atoms with Crippen molar-refractivity contribution >= 4 is 51.7 Å². The molecule has 28 nitrogen and oxygen atoms in total. The lowest BCUT2D eigenvalue weighted by molar-refractivity contribution is -0.149. The molecule has 14 unspecified atom stereocenters. The molecular formula is C34H50N8O20S. The Morgan fingerprint density at radius 3 is 2.05 bits per heavy atom. The highest BCUT2D eigenvalue weighted by atomic mass is 32.3. The van der Waals surface area contributed by atoms with Gasteiger partial charge in [-0.3, -0.25) is 38.1 Å². The molecule has 4 rings (SSSR count). The van der Waals surface area contributed by atoms with Crippen molar-refractivity contribution in [2.45, 2.75) is 118 Å². The number of carbonyl (C=O) groups is 7. The zero-order valence-electron chi connectivity index (χ0n) is 33.1. The Morgan fingerprint density at radius 1 is 0.841 bits per heavy atom. The predicted molar refractivity (Wildman–Crippen MR) is 204 cm³/mol. The lowest BCUT2D eigenvalue weighted by Gasteiger charge is -2.34. The van der Waals surface area contributed by atoms with Crippen molar-refractivity contribution in [3.05, 3.63) is 23.8 Å². The normalized spacial score (nSPS) is 31.5. The monoisotopic (exact) mass is 922 g/mol. The topological polar surface area (TPSA) is 472 Å². The van der Waals surface area contributed by atoms with Crippen molar-refractivity contribution in [2.75, 3.05) is 13.1 Å². The van der Waals surface area contributed by atoms with Crippen LogP contribution in [0.1, 0.15) is 44.3 Å². The highest BCUT2D eigenvalue weighted by molar-refractivity contribution is 7.81. The maximum absolute atomic E-state index is 14.3. The molecule has 0 radical (unpaired) electrons. The van der Waals surface area contributed by atoms with Gasteiger partial charge in [0.15, 0.2) is 17.7 Å². The van der Waals surface area contributed by atoms with Gasteiger partial charge < -0.3 is 92.7 Å².